The van der Waals surface area contributed by atoms with E-state index in [1.54, 1.807) is 25.1 Å². The fourth-order valence-electron chi connectivity index (χ4n) is 1.57. The molecule has 0 aliphatic rings. The minimum absolute atomic E-state index is 0.300. The number of anilines is 1. The molecule has 1 N–H and O–H groups in total. The second-order valence-corrected chi connectivity index (χ2v) is 5.33. The number of carbonyl (C=O) groups is 1. The smallest absolute Gasteiger partial charge is 0.255 e. The molecule has 0 heterocycles. The van der Waals surface area contributed by atoms with Crippen molar-refractivity contribution in [2.45, 2.75) is 6.92 Å². The van der Waals surface area contributed by atoms with Gasteiger partial charge in [0.2, 0.25) is 0 Å². The zero-order valence-electron chi connectivity index (χ0n) is 10.0. The first-order chi connectivity index (χ1) is 8.97. The molecule has 0 spiro atoms. The van der Waals surface area contributed by atoms with Gasteiger partial charge in [0.15, 0.2) is 0 Å². The standard InChI is InChI=1S/C14H10BrClFNO/c1-8-6-9(2-4-12(8)17)14(19)18-13-5-3-10(16)7-11(13)15/h2-7H,1H3,(H,18,19). The third-order valence-corrected chi connectivity index (χ3v) is 3.49. The van der Waals surface area contributed by atoms with Gasteiger partial charge in [0.25, 0.3) is 5.91 Å². The Kier molecular flexibility index (Phi) is 4.22. The van der Waals surface area contributed by atoms with Crippen LogP contribution in [-0.2, 0) is 0 Å². The summed E-state index contributed by atoms with van der Waals surface area (Å²) >= 11 is 9.14. The quantitative estimate of drug-likeness (QED) is 0.834. The van der Waals surface area contributed by atoms with Gasteiger partial charge in [0.1, 0.15) is 5.82 Å². The van der Waals surface area contributed by atoms with Gasteiger partial charge in [0, 0.05) is 15.1 Å². The molecule has 0 unspecified atom stereocenters. The van der Waals surface area contributed by atoms with Crippen molar-refractivity contribution in [2.24, 2.45) is 0 Å². The van der Waals surface area contributed by atoms with E-state index in [0.29, 0.717) is 26.3 Å². The molecule has 0 saturated carbocycles. The zero-order chi connectivity index (χ0) is 14.0. The predicted octanol–water partition coefficient (Wildman–Crippen LogP) is 4.80. The largest absolute Gasteiger partial charge is 0.321 e. The van der Waals surface area contributed by atoms with E-state index in [9.17, 15) is 9.18 Å². The van der Waals surface area contributed by atoms with E-state index in [1.165, 1.54) is 18.2 Å². The summed E-state index contributed by atoms with van der Waals surface area (Å²) in [5.74, 6) is -0.629. The average molecular weight is 343 g/mol. The van der Waals surface area contributed by atoms with Crippen LogP contribution < -0.4 is 5.32 Å². The summed E-state index contributed by atoms with van der Waals surface area (Å²) in [6.07, 6.45) is 0. The number of halogens is 3. The highest BCUT2D eigenvalue weighted by Crippen LogP contribution is 2.26. The zero-order valence-corrected chi connectivity index (χ0v) is 12.3. The lowest BCUT2D eigenvalue weighted by Gasteiger charge is -2.08. The van der Waals surface area contributed by atoms with E-state index in [4.69, 9.17) is 11.6 Å². The van der Waals surface area contributed by atoms with Crippen molar-refractivity contribution in [1.82, 2.24) is 0 Å². The molecule has 0 bridgehead atoms. The molecule has 2 nitrogen and oxygen atoms in total. The third kappa shape index (κ3) is 3.33. The van der Waals surface area contributed by atoms with Crippen molar-refractivity contribution >= 4 is 39.1 Å². The van der Waals surface area contributed by atoms with Crippen LogP contribution >= 0.6 is 27.5 Å². The maximum atomic E-state index is 13.1. The average Bonchev–Trinajstić information content (AvgIpc) is 2.36. The van der Waals surface area contributed by atoms with Gasteiger partial charge in [0.05, 0.1) is 5.69 Å². The number of rotatable bonds is 2. The van der Waals surface area contributed by atoms with E-state index < -0.39 is 0 Å². The van der Waals surface area contributed by atoms with Gasteiger partial charge >= 0.3 is 0 Å². The summed E-state index contributed by atoms with van der Waals surface area (Å²) in [6, 6.07) is 9.29. The summed E-state index contributed by atoms with van der Waals surface area (Å²) < 4.78 is 13.8. The van der Waals surface area contributed by atoms with E-state index in [2.05, 4.69) is 21.2 Å². The van der Waals surface area contributed by atoms with E-state index in [0.717, 1.165) is 0 Å². The lowest BCUT2D eigenvalue weighted by molar-refractivity contribution is 0.102. The van der Waals surface area contributed by atoms with Crippen LogP contribution in [0.1, 0.15) is 15.9 Å². The molecule has 2 aromatic rings. The van der Waals surface area contributed by atoms with Crippen LogP contribution in [-0.4, -0.2) is 5.91 Å². The topological polar surface area (TPSA) is 29.1 Å². The van der Waals surface area contributed by atoms with Crippen molar-refractivity contribution in [1.29, 1.82) is 0 Å². The molecule has 0 fully saturated rings. The first kappa shape index (κ1) is 14.0. The Morgan fingerprint density at radius 1 is 1.26 bits per heavy atom. The van der Waals surface area contributed by atoms with Crippen LogP contribution in [0.3, 0.4) is 0 Å². The van der Waals surface area contributed by atoms with Gasteiger partial charge < -0.3 is 5.32 Å². The van der Waals surface area contributed by atoms with E-state index in [-0.39, 0.29) is 11.7 Å². The highest BCUT2D eigenvalue weighted by Gasteiger charge is 2.10. The number of hydrogen-bond donors (Lipinski definition) is 1. The van der Waals surface area contributed by atoms with Crippen molar-refractivity contribution in [3.8, 4) is 0 Å². The molecule has 19 heavy (non-hydrogen) atoms. The second-order valence-electron chi connectivity index (χ2n) is 4.04. The summed E-state index contributed by atoms with van der Waals surface area (Å²) in [5.41, 5.74) is 1.44. The van der Waals surface area contributed by atoms with Crippen molar-refractivity contribution in [3.05, 3.63) is 62.8 Å². The Balaban J connectivity index is 2.23. The molecule has 0 saturated heterocycles. The molecule has 0 aromatic heterocycles. The Bertz CT molecular complexity index is 645. The van der Waals surface area contributed by atoms with Crippen LogP contribution in [0.4, 0.5) is 10.1 Å². The molecule has 98 valence electrons. The number of hydrogen-bond acceptors (Lipinski definition) is 1. The van der Waals surface area contributed by atoms with Gasteiger partial charge in [-0.15, -0.1) is 0 Å². The van der Waals surface area contributed by atoms with Crippen molar-refractivity contribution < 1.29 is 9.18 Å². The molecule has 0 aliphatic carbocycles. The van der Waals surface area contributed by atoms with E-state index >= 15 is 0 Å². The Morgan fingerprint density at radius 3 is 2.63 bits per heavy atom. The molecule has 5 heteroatoms. The fourth-order valence-corrected chi connectivity index (χ4v) is 2.35. The summed E-state index contributed by atoms with van der Waals surface area (Å²) in [6.45, 7) is 1.62. The van der Waals surface area contributed by atoms with Gasteiger partial charge in [-0.1, -0.05) is 11.6 Å². The minimum Gasteiger partial charge on any atom is -0.321 e. The molecule has 2 aromatic carbocycles. The Morgan fingerprint density at radius 2 is 2.00 bits per heavy atom. The van der Waals surface area contributed by atoms with Crippen LogP contribution in [0.15, 0.2) is 40.9 Å². The van der Waals surface area contributed by atoms with Crippen LogP contribution in [0.5, 0.6) is 0 Å². The Labute approximate surface area is 123 Å². The maximum absolute atomic E-state index is 13.1. The van der Waals surface area contributed by atoms with Crippen LogP contribution in [0.25, 0.3) is 0 Å². The predicted molar refractivity (Wildman–Crippen MR) is 78.2 cm³/mol. The number of carbonyl (C=O) groups excluding carboxylic acids is 1. The number of benzene rings is 2. The summed E-state index contributed by atoms with van der Waals surface area (Å²) in [7, 11) is 0. The van der Waals surface area contributed by atoms with Crippen molar-refractivity contribution in [2.75, 3.05) is 5.32 Å². The van der Waals surface area contributed by atoms with Crippen molar-refractivity contribution in [3.63, 3.8) is 0 Å². The summed E-state index contributed by atoms with van der Waals surface area (Å²) in [4.78, 5) is 12.0. The Hall–Kier alpha value is -1.39. The maximum Gasteiger partial charge on any atom is 0.255 e. The normalized spacial score (nSPS) is 10.3. The van der Waals surface area contributed by atoms with Crippen LogP contribution in [0.2, 0.25) is 5.02 Å². The van der Waals surface area contributed by atoms with Gasteiger partial charge in [-0.05, 0) is 64.8 Å². The van der Waals surface area contributed by atoms with Gasteiger partial charge in [-0.25, -0.2) is 4.39 Å². The molecular weight excluding hydrogens is 333 g/mol. The number of nitrogens with one attached hydrogen (secondary N) is 1. The fraction of sp³-hybridized carbons (Fsp3) is 0.0714. The third-order valence-electron chi connectivity index (χ3n) is 2.60. The lowest BCUT2D eigenvalue weighted by atomic mass is 10.1. The number of aryl methyl sites for hydroxylation is 1. The minimum atomic E-state index is -0.329. The van der Waals surface area contributed by atoms with E-state index in [1.807, 2.05) is 0 Å². The highest BCUT2D eigenvalue weighted by molar-refractivity contribution is 9.10. The first-order valence-electron chi connectivity index (χ1n) is 5.50. The molecule has 0 radical (unpaired) electrons. The van der Waals surface area contributed by atoms with Crippen LogP contribution in [0, 0.1) is 12.7 Å². The molecule has 2 rings (SSSR count). The summed E-state index contributed by atoms with van der Waals surface area (Å²) in [5, 5.41) is 3.31. The monoisotopic (exact) mass is 341 g/mol. The van der Waals surface area contributed by atoms with Gasteiger partial charge in [-0.2, -0.15) is 0 Å². The number of amides is 1. The van der Waals surface area contributed by atoms with Gasteiger partial charge in [-0.3, -0.25) is 4.79 Å². The molecular formula is C14H10BrClFNO. The molecule has 0 atom stereocenters. The second kappa shape index (κ2) is 5.72. The SMILES string of the molecule is Cc1cc(C(=O)Nc2ccc(Cl)cc2Br)ccc1F. The highest BCUT2D eigenvalue weighted by atomic mass is 79.9. The molecule has 1 amide bonds. The lowest BCUT2D eigenvalue weighted by Crippen LogP contribution is -2.12. The molecule has 0 aliphatic heterocycles. The first-order valence-corrected chi connectivity index (χ1v) is 6.67.